The van der Waals surface area contributed by atoms with Crippen molar-refractivity contribution in [2.45, 2.75) is 18.7 Å². The summed E-state index contributed by atoms with van der Waals surface area (Å²) in [5.74, 6) is 1.27. The average Bonchev–Trinajstić information content (AvgIpc) is 2.67. The van der Waals surface area contributed by atoms with Crippen LogP contribution in [0.25, 0.3) is 22.3 Å². The molecule has 0 amide bonds. The second kappa shape index (κ2) is 8.37. The molecule has 0 N–H and O–H groups in total. The molecule has 0 saturated heterocycles. The molecule has 0 aliphatic heterocycles. The topological polar surface area (TPSA) is 0 Å². The molecule has 0 spiro atoms. The molecule has 24 heavy (non-hydrogen) atoms. The fourth-order valence-corrected chi connectivity index (χ4v) is 3.09. The van der Waals surface area contributed by atoms with E-state index in [9.17, 15) is 0 Å². The first kappa shape index (κ1) is 17.1. The second-order valence-corrected chi connectivity index (χ2v) is 6.54. The van der Waals surface area contributed by atoms with Crippen LogP contribution in [0.3, 0.4) is 0 Å². The van der Waals surface area contributed by atoms with E-state index in [4.69, 9.17) is 23.2 Å². The molecule has 0 bridgehead atoms. The first-order valence-corrected chi connectivity index (χ1v) is 9.27. The molecular weight excluding hydrogens is 335 g/mol. The zero-order chi connectivity index (χ0) is 16.8. The molecule has 122 valence electrons. The van der Waals surface area contributed by atoms with Crippen molar-refractivity contribution in [1.29, 1.82) is 0 Å². The standard InChI is InChI=1S/C22H20Cl2/c23-15-1-2-17-3-7-19(8-4-17)21-11-13-22(14-12-21)20-9-5-18(16-24)6-10-20/h3-14H,1-2,15-16H2. The summed E-state index contributed by atoms with van der Waals surface area (Å²) in [6.07, 6.45) is 2.07. The third-order valence-corrected chi connectivity index (χ3v) is 4.79. The van der Waals surface area contributed by atoms with Gasteiger partial charge in [0.1, 0.15) is 0 Å². The molecule has 0 nitrogen and oxygen atoms in total. The predicted molar refractivity (Wildman–Crippen MR) is 106 cm³/mol. The van der Waals surface area contributed by atoms with Crippen molar-refractivity contribution in [2.75, 3.05) is 5.88 Å². The van der Waals surface area contributed by atoms with E-state index in [0.717, 1.165) is 24.3 Å². The Morgan fingerprint density at radius 3 is 1.25 bits per heavy atom. The normalized spacial score (nSPS) is 10.8. The highest BCUT2D eigenvalue weighted by Crippen LogP contribution is 2.25. The molecule has 0 aliphatic carbocycles. The van der Waals surface area contributed by atoms with Crippen LogP contribution in [0, 0.1) is 0 Å². The van der Waals surface area contributed by atoms with Crippen LogP contribution in [0.15, 0.2) is 72.8 Å². The van der Waals surface area contributed by atoms with E-state index in [0.29, 0.717) is 5.88 Å². The Hall–Kier alpha value is -1.76. The molecule has 0 fully saturated rings. The lowest BCUT2D eigenvalue weighted by atomic mass is 9.98. The highest BCUT2D eigenvalue weighted by atomic mass is 35.5. The van der Waals surface area contributed by atoms with Crippen LogP contribution in [-0.2, 0) is 12.3 Å². The maximum atomic E-state index is 5.85. The van der Waals surface area contributed by atoms with Gasteiger partial charge in [0.25, 0.3) is 0 Å². The Kier molecular flexibility index (Phi) is 5.96. The fourth-order valence-electron chi connectivity index (χ4n) is 2.78. The van der Waals surface area contributed by atoms with Crippen LogP contribution in [-0.4, -0.2) is 5.88 Å². The number of rotatable bonds is 6. The highest BCUT2D eigenvalue weighted by Gasteiger charge is 2.01. The van der Waals surface area contributed by atoms with E-state index in [1.165, 1.54) is 27.8 Å². The lowest BCUT2D eigenvalue weighted by molar-refractivity contribution is 0.929. The third kappa shape index (κ3) is 4.20. The Morgan fingerprint density at radius 1 is 0.500 bits per heavy atom. The average molecular weight is 355 g/mol. The number of aryl methyl sites for hydroxylation is 1. The van der Waals surface area contributed by atoms with Crippen molar-refractivity contribution in [1.82, 2.24) is 0 Å². The van der Waals surface area contributed by atoms with E-state index < -0.39 is 0 Å². The van der Waals surface area contributed by atoms with Crippen molar-refractivity contribution in [3.63, 3.8) is 0 Å². The number of hydrogen-bond acceptors (Lipinski definition) is 0. The smallest absolute Gasteiger partial charge is 0.0474 e. The lowest BCUT2D eigenvalue weighted by Gasteiger charge is -2.07. The quantitative estimate of drug-likeness (QED) is 0.421. The number of halogens is 2. The van der Waals surface area contributed by atoms with Gasteiger partial charge in [-0.05, 0) is 46.2 Å². The molecule has 3 rings (SSSR count). The van der Waals surface area contributed by atoms with Gasteiger partial charge in [0.2, 0.25) is 0 Å². The molecule has 0 radical (unpaired) electrons. The van der Waals surface area contributed by atoms with Crippen LogP contribution < -0.4 is 0 Å². The Balaban J connectivity index is 1.76. The maximum absolute atomic E-state index is 5.85. The number of benzene rings is 3. The molecule has 3 aromatic rings. The predicted octanol–water partition coefficient (Wildman–Crippen LogP) is 6.93. The molecule has 0 atom stereocenters. The zero-order valence-electron chi connectivity index (χ0n) is 13.5. The van der Waals surface area contributed by atoms with Crippen molar-refractivity contribution in [2.24, 2.45) is 0 Å². The van der Waals surface area contributed by atoms with Crippen LogP contribution in [0.2, 0.25) is 0 Å². The van der Waals surface area contributed by atoms with E-state index >= 15 is 0 Å². The largest absolute Gasteiger partial charge is 0.127 e. The molecule has 3 aromatic carbocycles. The van der Waals surface area contributed by atoms with Crippen LogP contribution in [0.5, 0.6) is 0 Å². The summed E-state index contributed by atoms with van der Waals surface area (Å²) in [6.45, 7) is 0. The Bertz CT molecular complexity index is 757. The summed E-state index contributed by atoms with van der Waals surface area (Å²) < 4.78 is 0. The van der Waals surface area contributed by atoms with E-state index in [1.807, 2.05) is 0 Å². The van der Waals surface area contributed by atoms with Crippen molar-refractivity contribution in [3.05, 3.63) is 83.9 Å². The minimum Gasteiger partial charge on any atom is -0.127 e. The number of alkyl halides is 2. The van der Waals surface area contributed by atoms with Gasteiger partial charge in [-0.2, -0.15) is 0 Å². The maximum Gasteiger partial charge on any atom is 0.0474 e. The SMILES string of the molecule is ClCCCc1ccc(-c2ccc(-c3ccc(CCl)cc3)cc2)cc1. The number of hydrogen-bond donors (Lipinski definition) is 0. The van der Waals surface area contributed by atoms with Gasteiger partial charge in [0, 0.05) is 11.8 Å². The highest BCUT2D eigenvalue weighted by molar-refractivity contribution is 6.17. The first-order chi connectivity index (χ1) is 11.8. The van der Waals surface area contributed by atoms with Gasteiger partial charge in [-0.3, -0.25) is 0 Å². The van der Waals surface area contributed by atoms with Gasteiger partial charge < -0.3 is 0 Å². The molecule has 0 heterocycles. The molecule has 2 heteroatoms. The van der Waals surface area contributed by atoms with Crippen molar-refractivity contribution in [3.8, 4) is 22.3 Å². The summed E-state index contributed by atoms with van der Waals surface area (Å²) in [5.41, 5.74) is 7.40. The molecule has 0 unspecified atom stereocenters. The van der Waals surface area contributed by atoms with Gasteiger partial charge in [-0.1, -0.05) is 72.8 Å². The van der Waals surface area contributed by atoms with Gasteiger partial charge in [0.15, 0.2) is 0 Å². The monoisotopic (exact) mass is 354 g/mol. The van der Waals surface area contributed by atoms with E-state index in [2.05, 4.69) is 72.8 Å². The van der Waals surface area contributed by atoms with Crippen LogP contribution in [0.1, 0.15) is 17.5 Å². The summed E-state index contributed by atoms with van der Waals surface area (Å²) in [7, 11) is 0. The fraction of sp³-hybridized carbons (Fsp3) is 0.182. The summed E-state index contributed by atoms with van der Waals surface area (Å²) in [5, 5.41) is 0. The van der Waals surface area contributed by atoms with Gasteiger partial charge in [-0.25, -0.2) is 0 Å². The Labute approximate surface area is 154 Å². The van der Waals surface area contributed by atoms with Crippen molar-refractivity contribution >= 4 is 23.2 Å². The van der Waals surface area contributed by atoms with E-state index in [-0.39, 0.29) is 0 Å². The summed E-state index contributed by atoms with van der Waals surface area (Å²) >= 11 is 11.6. The van der Waals surface area contributed by atoms with Crippen LogP contribution >= 0.6 is 23.2 Å². The third-order valence-electron chi connectivity index (χ3n) is 4.21. The lowest BCUT2D eigenvalue weighted by Crippen LogP contribution is -1.86. The van der Waals surface area contributed by atoms with E-state index in [1.54, 1.807) is 0 Å². The first-order valence-electron chi connectivity index (χ1n) is 8.21. The molecule has 0 aromatic heterocycles. The molecule has 0 aliphatic rings. The zero-order valence-corrected chi connectivity index (χ0v) is 15.0. The van der Waals surface area contributed by atoms with Crippen molar-refractivity contribution < 1.29 is 0 Å². The van der Waals surface area contributed by atoms with Gasteiger partial charge in [-0.15, -0.1) is 23.2 Å². The minimum absolute atomic E-state index is 0.556. The molecule has 0 saturated carbocycles. The molecular formula is C22H20Cl2. The minimum atomic E-state index is 0.556. The second-order valence-electron chi connectivity index (χ2n) is 5.90. The van der Waals surface area contributed by atoms with Crippen LogP contribution in [0.4, 0.5) is 0 Å². The van der Waals surface area contributed by atoms with Gasteiger partial charge in [0.05, 0.1) is 0 Å². The van der Waals surface area contributed by atoms with Gasteiger partial charge >= 0.3 is 0 Å². The summed E-state index contributed by atoms with van der Waals surface area (Å²) in [6, 6.07) is 25.9. The Morgan fingerprint density at radius 2 is 0.875 bits per heavy atom. The summed E-state index contributed by atoms with van der Waals surface area (Å²) in [4.78, 5) is 0.